The van der Waals surface area contributed by atoms with Crippen molar-refractivity contribution in [1.29, 1.82) is 0 Å². The van der Waals surface area contributed by atoms with Crippen molar-refractivity contribution in [2.45, 2.75) is 4.90 Å². The molecule has 0 saturated carbocycles. The number of rotatable bonds is 3. The van der Waals surface area contributed by atoms with Crippen molar-refractivity contribution >= 4 is 42.6 Å². The molecule has 0 bridgehead atoms. The summed E-state index contributed by atoms with van der Waals surface area (Å²) in [6.07, 6.45) is 1.52. The van der Waals surface area contributed by atoms with Crippen LogP contribution in [0.4, 0.5) is 5.13 Å². The van der Waals surface area contributed by atoms with Gasteiger partial charge in [-0.25, -0.2) is 18.5 Å². The number of fused-ring (bicyclic) bond motifs is 1. The van der Waals surface area contributed by atoms with E-state index in [0.29, 0.717) is 15.3 Å². The molecule has 0 aliphatic heterocycles. The molecule has 0 aliphatic rings. The van der Waals surface area contributed by atoms with Gasteiger partial charge in [0.2, 0.25) is 10.0 Å². The highest BCUT2D eigenvalue weighted by molar-refractivity contribution is 7.89. The van der Waals surface area contributed by atoms with E-state index in [9.17, 15) is 13.2 Å². The maximum absolute atomic E-state index is 12.0. The fourth-order valence-electron chi connectivity index (χ4n) is 1.79. The average Bonchev–Trinajstić information content (AvgIpc) is 2.88. The van der Waals surface area contributed by atoms with Crippen LogP contribution in [-0.4, -0.2) is 24.3 Å². The van der Waals surface area contributed by atoms with Gasteiger partial charge in [-0.2, -0.15) is 0 Å². The van der Waals surface area contributed by atoms with Gasteiger partial charge >= 0.3 is 0 Å². The minimum absolute atomic E-state index is 0.00579. The first-order valence-corrected chi connectivity index (χ1v) is 8.45. The topological polar surface area (TPSA) is 115 Å². The van der Waals surface area contributed by atoms with Gasteiger partial charge in [0, 0.05) is 6.20 Å². The zero-order chi connectivity index (χ0) is 15.7. The number of primary sulfonamides is 1. The maximum atomic E-state index is 12.0. The molecule has 112 valence electrons. The van der Waals surface area contributed by atoms with Gasteiger partial charge in [-0.05, 0) is 30.3 Å². The second-order valence-electron chi connectivity index (χ2n) is 4.36. The molecule has 1 amide bonds. The summed E-state index contributed by atoms with van der Waals surface area (Å²) >= 11 is 1.16. The van der Waals surface area contributed by atoms with E-state index in [0.717, 1.165) is 11.3 Å². The molecule has 3 N–H and O–H groups in total. The molecular weight excluding hydrogens is 324 g/mol. The lowest BCUT2D eigenvalue weighted by Gasteiger charge is -1.99. The molecular formula is C13H10N4O3S2. The smallest absolute Gasteiger partial charge is 0.276 e. The van der Waals surface area contributed by atoms with Crippen LogP contribution in [0.25, 0.3) is 10.2 Å². The zero-order valence-corrected chi connectivity index (χ0v) is 12.7. The van der Waals surface area contributed by atoms with Crippen LogP contribution in [-0.2, 0) is 10.0 Å². The van der Waals surface area contributed by atoms with Crippen molar-refractivity contribution in [3.63, 3.8) is 0 Å². The van der Waals surface area contributed by atoms with E-state index in [2.05, 4.69) is 15.3 Å². The van der Waals surface area contributed by atoms with Gasteiger partial charge in [0.25, 0.3) is 5.91 Å². The fraction of sp³-hybridized carbons (Fsp3) is 0. The van der Waals surface area contributed by atoms with Crippen molar-refractivity contribution in [2.75, 3.05) is 5.32 Å². The van der Waals surface area contributed by atoms with Crippen molar-refractivity contribution in [3.8, 4) is 0 Å². The highest BCUT2D eigenvalue weighted by Gasteiger charge is 2.13. The molecule has 3 rings (SSSR count). The summed E-state index contributed by atoms with van der Waals surface area (Å²) in [6.45, 7) is 0. The Balaban J connectivity index is 1.91. The van der Waals surface area contributed by atoms with Crippen LogP contribution < -0.4 is 10.5 Å². The number of nitrogens with zero attached hydrogens (tertiary/aromatic N) is 2. The third kappa shape index (κ3) is 2.96. The van der Waals surface area contributed by atoms with E-state index in [4.69, 9.17) is 5.14 Å². The normalized spacial score (nSPS) is 11.5. The summed E-state index contributed by atoms with van der Waals surface area (Å²) < 4.78 is 23.3. The summed E-state index contributed by atoms with van der Waals surface area (Å²) in [5, 5.41) is 8.08. The number of carbonyl (C=O) groups is 1. The summed E-state index contributed by atoms with van der Waals surface area (Å²) in [5.41, 5.74) is 0.848. The number of pyridine rings is 1. The highest BCUT2D eigenvalue weighted by atomic mass is 32.2. The van der Waals surface area contributed by atoms with Gasteiger partial charge in [0.1, 0.15) is 5.69 Å². The van der Waals surface area contributed by atoms with Gasteiger partial charge < -0.3 is 0 Å². The Hall–Kier alpha value is -2.36. The van der Waals surface area contributed by atoms with Gasteiger partial charge in [0.05, 0.1) is 15.1 Å². The molecule has 0 radical (unpaired) electrons. The Kier molecular flexibility index (Phi) is 3.61. The number of carbonyl (C=O) groups excluding carboxylic acids is 1. The highest BCUT2D eigenvalue weighted by Crippen LogP contribution is 2.28. The molecule has 2 aromatic heterocycles. The summed E-state index contributed by atoms with van der Waals surface area (Å²) in [6, 6.07) is 9.35. The number of nitrogens with one attached hydrogen (secondary N) is 1. The maximum Gasteiger partial charge on any atom is 0.276 e. The first-order chi connectivity index (χ1) is 10.4. The number of hydrogen-bond donors (Lipinski definition) is 2. The SMILES string of the molecule is NS(=O)(=O)c1ccc2nc(NC(=O)c3ccccn3)sc2c1. The molecule has 0 fully saturated rings. The van der Waals surface area contributed by atoms with Gasteiger partial charge in [-0.1, -0.05) is 17.4 Å². The van der Waals surface area contributed by atoms with E-state index in [1.54, 1.807) is 24.3 Å². The molecule has 1 aromatic carbocycles. The number of amides is 1. The Morgan fingerprint density at radius 1 is 1.23 bits per heavy atom. The Morgan fingerprint density at radius 3 is 2.73 bits per heavy atom. The molecule has 9 heteroatoms. The Bertz CT molecular complexity index is 952. The van der Waals surface area contributed by atoms with Crippen LogP contribution in [0.5, 0.6) is 0 Å². The van der Waals surface area contributed by atoms with Crippen LogP contribution in [0.3, 0.4) is 0 Å². The van der Waals surface area contributed by atoms with Crippen molar-refractivity contribution < 1.29 is 13.2 Å². The Labute approximate surface area is 129 Å². The van der Waals surface area contributed by atoms with E-state index >= 15 is 0 Å². The van der Waals surface area contributed by atoms with Crippen LogP contribution in [0.15, 0.2) is 47.5 Å². The number of hydrogen-bond acceptors (Lipinski definition) is 6. The first-order valence-electron chi connectivity index (χ1n) is 6.09. The number of nitrogens with two attached hydrogens (primary N) is 1. The summed E-state index contributed by atoms with van der Waals surface area (Å²) in [4.78, 5) is 20.2. The molecule has 0 atom stereocenters. The molecule has 7 nitrogen and oxygen atoms in total. The monoisotopic (exact) mass is 334 g/mol. The van der Waals surface area contributed by atoms with Crippen LogP contribution in [0.2, 0.25) is 0 Å². The van der Waals surface area contributed by atoms with Crippen molar-refractivity contribution in [1.82, 2.24) is 9.97 Å². The van der Waals surface area contributed by atoms with Gasteiger partial charge in [-0.15, -0.1) is 0 Å². The first kappa shape index (κ1) is 14.6. The largest absolute Gasteiger partial charge is 0.296 e. The van der Waals surface area contributed by atoms with Crippen molar-refractivity contribution in [2.24, 2.45) is 5.14 Å². The molecule has 0 saturated heterocycles. The molecule has 0 unspecified atom stereocenters. The second-order valence-corrected chi connectivity index (χ2v) is 6.95. The molecule has 22 heavy (non-hydrogen) atoms. The molecule has 0 aliphatic carbocycles. The number of sulfonamides is 1. The third-order valence-electron chi connectivity index (χ3n) is 2.81. The third-order valence-corrected chi connectivity index (χ3v) is 4.65. The number of benzene rings is 1. The zero-order valence-electron chi connectivity index (χ0n) is 11.1. The van der Waals surface area contributed by atoms with E-state index in [-0.39, 0.29) is 16.5 Å². The molecule has 0 spiro atoms. The lowest BCUT2D eigenvalue weighted by Crippen LogP contribution is -2.12. The van der Waals surface area contributed by atoms with Gasteiger partial charge in [-0.3, -0.25) is 15.1 Å². The van der Waals surface area contributed by atoms with Gasteiger partial charge in [0.15, 0.2) is 5.13 Å². The summed E-state index contributed by atoms with van der Waals surface area (Å²) in [7, 11) is -3.77. The molecule has 2 heterocycles. The molecule has 3 aromatic rings. The minimum Gasteiger partial charge on any atom is -0.296 e. The van der Waals surface area contributed by atoms with Crippen LogP contribution in [0.1, 0.15) is 10.5 Å². The number of thiazole rings is 1. The fourth-order valence-corrected chi connectivity index (χ4v) is 3.31. The summed E-state index contributed by atoms with van der Waals surface area (Å²) in [5.74, 6) is -0.383. The average molecular weight is 334 g/mol. The minimum atomic E-state index is -3.77. The lowest BCUT2D eigenvalue weighted by atomic mass is 10.3. The second kappa shape index (κ2) is 5.44. The predicted octanol–water partition coefficient (Wildman–Crippen LogP) is 1.59. The van der Waals surface area contributed by atoms with E-state index in [1.807, 2.05) is 0 Å². The van der Waals surface area contributed by atoms with E-state index < -0.39 is 10.0 Å². The standard InChI is InChI=1S/C13H10N4O3S2/c14-22(19,20)8-4-5-9-11(7-8)21-13(16-9)17-12(18)10-3-1-2-6-15-10/h1-7H,(H2,14,19,20)(H,16,17,18). The van der Waals surface area contributed by atoms with Crippen LogP contribution >= 0.6 is 11.3 Å². The lowest BCUT2D eigenvalue weighted by molar-refractivity contribution is 0.102. The number of anilines is 1. The van der Waals surface area contributed by atoms with Crippen LogP contribution in [0, 0.1) is 0 Å². The van der Waals surface area contributed by atoms with Crippen molar-refractivity contribution in [3.05, 3.63) is 48.3 Å². The number of aromatic nitrogens is 2. The Morgan fingerprint density at radius 2 is 2.05 bits per heavy atom. The quantitative estimate of drug-likeness (QED) is 0.755. The van der Waals surface area contributed by atoms with E-state index in [1.165, 1.54) is 18.3 Å². The predicted molar refractivity (Wildman–Crippen MR) is 83.2 cm³/mol.